The number of allylic oxidation sites excluding steroid dienone is 1. The Hall–Kier alpha value is -2.53. The average Bonchev–Trinajstić information content (AvgIpc) is 2.48. The first kappa shape index (κ1) is 13.9. The molecule has 0 N–H and O–H groups in total. The predicted octanol–water partition coefficient (Wildman–Crippen LogP) is 4.46. The minimum absolute atomic E-state index is 0.655. The number of nitrogens with zero attached hydrogens (tertiary/aromatic N) is 1. The molecule has 2 nitrogen and oxygen atoms in total. The van der Waals surface area contributed by atoms with Gasteiger partial charge in [-0.3, -0.25) is 0 Å². The van der Waals surface area contributed by atoms with Crippen LogP contribution in [0.5, 0.6) is 5.75 Å². The quantitative estimate of drug-likeness (QED) is 0.602. The van der Waals surface area contributed by atoms with Crippen LogP contribution in [0.1, 0.15) is 23.6 Å². The van der Waals surface area contributed by atoms with Crippen molar-refractivity contribution in [3.63, 3.8) is 0 Å². The van der Waals surface area contributed by atoms with Crippen LogP contribution in [0.3, 0.4) is 0 Å². The minimum Gasteiger partial charge on any atom is -0.494 e. The Bertz CT molecular complexity index is 631. The SMILES string of the molecule is CCOc1ccc(/C=C(/C#N)c2ccc(C)cc2)cc1. The third-order valence-corrected chi connectivity index (χ3v) is 2.99. The molecule has 2 heteroatoms. The molecule has 0 aliphatic heterocycles. The number of benzene rings is 2. The molecule has 2 rings (SSSR count). The van der Waals surface area contributed by atoms with Crippen molar-refractivity contribution in [2.45, 2.75) is 13.8 Å². The molecule has 0 radical (unpaired) electrons. The van der Waals surface area contributed by atoms with Gasteiger partial charge < -0.3 is 4.74 Å². The molecule has 0 fully saturated rings. The van der Waals surface area contributed by atoms with Crippen LogP contribution in [-0.2, 0) is 0 Å². The van der Waals surface area contributed by atoms with Crippen molar-refractivity contribution in [2.24, 2.45) is 0 Å². The first-order valence-corrected chi connectivity index (χ1v) is 6.64. The topological polar surface area (TPSA) is 33.0 Å². The zero-order valence-electron chi connectivity index (χ0n) is 11.8. The summed E-state index contributed by atoms with van der Waals surface area (Å²) in [7, 11) is 0. The molecule has 2 aromatic rings. The van der Waals surface area contributed by atoms with E-state index in [2.05, 4.69) is 6.07 Å². The third kappa shape index (κ3) is 3.49. The monoisotopic (exact) mass is 263 g/mol. The van der Waals surface area contributed by atoms with E-state index in [1.165, 1.54) is 5.56 Å². The van der Waals surface area contributed by atoms with Crippen LogP contribution in [0.2, 0.25) is 0 Å². The lowest BCUT2D eigenvalue weighted by Crippen LogP contribution is -1.90. The van der Waals surface area contributed by atoms with Gasteiger partial charge in [-0.05, 0) is 43.2 Å². The van der Waals surface area contributed by atoms with Gasteiger partial charge in [0.2, 0.25) is 0 Å². The largest absolute Gasteiger partial charge is 0.494 e. The molecule has 0 bridgehead atoms. The second kappa shape index (κ2) is 6.58. The van der Waals surface area contributed by atoms with Crippen molar-refractivity contribution >= 4 is 11.6 Å². The van der Waals surface area contributed by atoms with E-state index < -0.39 is 0 Å². The molecular weight excluding hydrogens is 246 g/mol. The van der Waals surface area contributed by atoms with Gasteiger partial charge >= 0.3 is 0 Å². The molecule has 0 unspecified atom stereocenters. The summed E-state index contributed by atoms with van der Waals surface area (Å²) in [6, 6.07) is 18.0. The lowest BCUT2D eigenvalue weighted by Gasteiger charge is -2.03. The van der Waals surface area contributed by atoms with E-state index in [0.717, 1.165) is 16.9 Å². The summed E-state index contributed by atoms with van der Waals surface area (Å²) in [5, 5.41) is 9.31. The normalized spacial score (nSPS) is 10.9. The van der Waals surface area contributed by atoms with E-state index in [9.17, 15) is 5.26 Å². The highest BCUT2D eigenvalue weighted by molar-refractivity contribution is 5.89. The number of ether oxygens (including phenoxy) is 1. The summed E-state index contributed by atoms with van der Waals surface area (Å²) in [5.74, 6) is 0.846. The molecule has 0 aliphatic carbocycles. The molecule has 100 valence electrons. The van der Waals surface area contributed by atoms with Crippen molar-refractivity contribution in [1.29, 1.82) is 5.26 Å². The minimum atomic E-state index is 0.655. The zero-order chi connectivity index (χ0) is 14.4. The Morgan fingerprint density at radius 3 is 2.30 bits per heavy atom. The standard InChI is InChI=1S/C18H17NO/c1-3-20-18-10-6-15(7-11-18)12-17(13-19)16-8-4-14(2)5-9-16/h4-12H,3H2,1-2H3/b17-12-. The van der Waals surface area contributed by atoms with Crippen LogP contribution >= 0.6 is 0 Å². The lowest BCUT2D eigenvalue weighted by molar-refractivity contribution is 0.340. The van der Waals surface area contributed by atoms with Crippen molar-refractivity contribution < 1.29 is 4.74 Å². The van der Waals surface area contributed by atoms with Crippen molar-refractivity contribution in [1.82, 2.24) is 0 Å². The molecule has 0 saturated carbocycles. The molecule has 0 atom stereocenters. The van der Waals surface area contributed by atoms with Gasteiger partial charge in [-0.2, -0.15) is 5.26 Å². The molecule has 20 heavy (non-hydrogen) atoms. The fourth-order valence-electron chi connectivity index (χ4n) is 1.91. The highest BCUT2D eigenvalue weighted by Gasteiger charge is 2.01. The number of aryl methyl sites for hydroxylation is 1. The number of hydrogen-bond donors (Lipinski definition) is 0. The maximum absolute atomic E-state index is 9.31. The van der Waals surface area contributed by atoms with Crippen LogP contribution < -0.4 is 4.74 Å². The number of hydrogen-bond acceptors (Lipinski definition) is 2. The Morgan fingerprint density at radius 1 is 1.10 bits per heavy atom. The summed E-state index contributed by atoms with van der Waals surface area (Å²) in [4.78, 5) is 0. The van der Waals surface area contributed by atoms with E-state index in [1.807, 2.05) is 68.5 Å². The highest BCUT2D eigenvalue weighted by Crippen LogP contribution is 2.20. The van der Waals surface area contributed by atoms with Crippen molar-refractivity contribution in [2.75, 3.05) is 6.61 Å². The van der Waals surface area contributed by atoms with Crippen LogP contribution in [0.25, 0.3) is 11.6 Å². The Morgan fingerprint density at radius 2 is 1.75 bits per heavy atom. The second-order valence-corrected chi connectivity index (χ2v) is 4.54. The third-order valence-electron chi connectivity index (χ3n) is 2.99. The van der Waals surface area contributed by atoms with Crippen molar-refractivity contribution in [3.8, 4) is 11.8 Å². The van der Waals surface area contributed by atoms with Crippen molar-refractivity contribution in [3.05, 3.63) is 65.2 Å². The van der Waals surface area contributed by atoms with E-state index in [0.29, 0.717) is 12.2 Å². The fourth-order valence-corrected chi connectivity index (χ4v) is 1.91. The first-order valence-electron chi connectivity index (χ1n) is 6.64. The molecule has 0 spiro atoms. The number of rotatable bonds is 4. The van der Waals surface area contributed by atoms with Gasteiger partial charge in [-0.15, -0.1) is 0 Å². The van der Waals surface area contributed by atoms with E-state index in [1.54, 1.807) is 0 Å². The molecule has 0 amide bonds. The smallest absolute Gasteiger partial charge is 0.119 e. The summed E-state index contributed by atoms with van der Waals surface area (Å²) < 4.78 is 5.40. The Balaban J connectivity index is 2.27. The van der Waals surface area contributed by atoms with Crippen LogP contribution in [0.4, 0.5) is 0 Å². The van der Waals surface area contributed by atoms with Gasteiger partial charge in [0, 0.05) is 0 Å². The summed E-state index contributed by atoms with van der Waals surface area (Å²) in [5.41, 5.74) is 3.78. The van der Waals surface area contributed by atoms with Gasteiger partial charge in [0.25, 0.3) is 0 Å². The molecule has 0 saturated heterocycles. The molecule has 0 aliphatic rings. The van der Waals surface area contributed by atoms with Gasteiger partial charge in [0.05, 0.1) is 18.2 Å². The fraction of sp³-hybridized carbons (Fsp3) is 0.167. The lowest BCUT2D eigenvalue weighted by atomic mass is 10.0. The van der Waals surface area contributed by atoms with E-state index >= 15 is 0 Å². The highest BCUT2D eigenvalue weighted by atomic mass is 16.5. The molecule has 0 aromatic heterocycles. The van der Waals surface area contributed by atoms with Crippen LogP contribution in [-0.4, -0.2) is 6.61 Å². The van der Waals surface area contributed by atoms with Crippen LogP contribution in [0.15, 0.2) is 48.5 Å². The summed E-state index contributed by atoms with van der Waals surface area (Å²) in [6.45, 7) is 4.65. The second-order valence-electron chi connectivity index (χ2n) is 4.54. The molecule has 2 aromatic carbocycles. The van der Waals surface area contributed by atoms with E-state index in [4.69, 9.17) is 4.74 Å². The van der Waals surface area contributed by atoms with Gasteiger partial charge in [0.15, 0.2) is 0 Å². The maximum atomic E-state index is 9.31. The first-order chi connectivity index (χ1) is 9.72. The summed E-state index contributed by atoms with van der Waals surface area (Å²) >= 11 is 0. The molecular formula is C18H17NO. The zero-order valence-corrected chi connectivity index (χ0v) is 11.8. The van der Waals surface area contributed by atoms with Gasteiger partial charge in [-0.1, -0.05) is 42.0 Å². The van der Waals surface area contributed by atoms with Gasteiger partial charge in [0.1, 0.15) is 5.75 Å². The van der Waals surface area contributed by atoms with Gasteiger partial charge in [-0.25, -0.2) is 0 Å². The summed E-state index contributed by atoms with van der Waals surface area (Å²) in [6.07, 6.45) is 1.89. The Kier molecular flexibility index (Phi) is 4.57. The average molecular weight is 263 g/mol. The predicted molar refractivity (Wildman–Crippen MR) is 82.3 cm³/mol. The maximum Gasteiger partial charge on any atom is 0.119 e. The van der Waals surface area contributed by atoms with E-state index in [-0.39, 0.29) is 0 Å². The van der Waals surface area contributed by atoms with Crippen LogP contribution in [0, 0.1) is 18.3 Å². The number of nitriles is 1. The Labute approximate surface area is 119 Å². The molecule has 0 heterocycles.